The zero-order chi connectivity index (χ0) is 27.2. The molecule has 0 spiro atoms. The van der Waals surface area contributed by atoms with E-state index in [4.69, 9.17) is 19.5 Å². The SMILES string of the molecule is CCCOc1ccc(N2C(c3ccc(OCC)cc3O)=NC(c3ccccc3)=NC2c2ccccc2)c(O)c1. The monoisotopic (exact) mass is 521 g/mol. The molecular weight excluding hydrogens is 490 g/mol. The molecule has 0 saturated heterocycles. The number of benzene rings is 4. The molecule has 7 heteroatoms. The van der Waals surface area contributed by atoms with Crippen LogP contribution in [0.5, 0.6) is 23.0 Å². The van der Waals surface area contributed by atoms with Gasteiger partial charge < -0.3 is 19.7 Å². The predicted molar refractivity (Wildman–Crippen MR) is 154 cm³/mol. The van der Waals surface area contributed by atoms with Crippen LogP contribution in [0.2, 0.25) is 0 Å². The molecule has 1 unspecified atom stereocenters. The standard InChI is InChI=1S/C32H31N3O4/c1-3-19-39-25-16-18-27(29(37)21-25)35-31(23-13-9-6-10-14-23)33-30(22-11-7-5-8-12-22)34-32(35)26-17-15-24(38-4-2)20-28(26)36/h5-18,20-21,31,36-37H,3-4,19H2,1-2H3. The molecule has 1 aliphatic rings. The number of phenolic OH excluding ortho intramolecular Hbond substituents is 2. The van der Waals surface area contributed by atoms with Crippen LogP contribution < -0.4 is 14.4 Å². The highest BCUT2D eigenvalue weighted by Gasteiger charge is 2.33. The second-order valence-corrected chi connectivity index (χ2v) is 9.02. The Balaban J connectivity index is 1.71. The molecule has 7 nitrogen and oxygen atoms in total. The molecular formula is C32H31N3O4. The Morgan fingerprint density at radius 2 is 1.44 bits per heavy atom. The van der Waals surface area contributed by atoms with Crippen LogP contribution in [-0.4, -0.2) is 35.1 Å². The van der Waals surface area contributed by atoms with Gasteiger partial charge in [0.25, 0.3) is 0 Å². The van der Waals surface area contributed by atoms with Gasteiger partial charge in [-0.05, 0) is 43.2 Å². The molecule has 39 heavy (non-hydrogen) atoms. The maximum absolute atomic E-state index is 11.2. The van der Waals surface area contributed by atoms with Gasteiger partial charge in [0.1, 0.15) is 28.8 Å². The summed E-state index contributed by atoms with van der Waals surface area (Å²) < 4.78 is 11.3. The van der Waals surface area contributed by atoms with Crippen LogP contribution in [0.15, 0.2) is 107 Å². The Labute approximate surface area is 228 Å². The van der Waals surface area contributed by atoms with Crippen LogP contribution in [0.4, 0.5) is 5.69 Å². The molecule has 1 aliphatic heterocycles. The molecule has 4 aromatic carbocycles. The van der Waals surface area contributed by atoms with Crippen molar-refractivity contribution in [2.24, 2.45) is 9.98 Å². The summed E-state index contributed by atoms with van der Waals surface area (Å²) in [6.07, 6.45) is 0.281. The molecule has 2 N–H and O–H groups in total. The van der Waals surface area contributed by atoms with Gasteiger partial charge in [-0.1, -0.05) is 67.6 Å². The predicted octanol–water partition coefficient (Wildman–Crippen LogP) is 6.70. The Bertz CT molecular complexity index is 1490. The highest BCUT2D eigenvalue weighted by molar-refractivity contribution is 6.20. The molecule has 0 bridgehead atoms. The normalized spacial score (nSPS) is 14.9. The first-order valence-corrected chi connectivity index (χ1v) is 13.1. The lowest BCUT2D eigenvalue weighted by Gasteiger charge is -2.36. The van der Waals surface area contributed by atoms with Crippen molar-refractivity contribution in [2.75, 3.05) is 18.1 Å². The lowest BCUT2D eigenvalue weighted by molar-refractivity contribution is 0.315. The van der Waals surface area contributed by atoms with Crippen molar-refractivity contribution in [3.63, 3.8) is 0 Å². The first-order valence-electron chi connectivity index (χ1n) is 13.1. The summed E-state index contributed by atoms with van der Waals surface area (Å²) in [7, 11) is 0. The van der Waals surface area contributed by atoms with Crippen molar-refractivity contribution >= 4 is 17.4 Å². The maximum atomic E-state index is 11.2. The lowest BCUT2D eigenvalue weighted by Crippen LogP contribution is -2.39. The average molecular weight is 522 g/mol. The quantitative estimate of drug-likeness (QED) is 0.256. The number of nitrogens with zero attached hydrogens (tertiary/aromatic N) is 3. The third kappa shape index (κ3) is 5.57. The van der Waals surface area contributed by atoms with Gasteiger partial charge in [0.05, 0.1) is 24.5 Å². The number of rotatable bonds is 9. The van der Waals surface area contributed by atoms with E-state index in [9.17, 15) is 10.2 Å². The van der Waals surface area contributed by atoms with Gasteiger partial charge in [-0.15, -0.1) is 0 Å². The first kappa shape index (κ1) is 25.9. The summed E-state index contributed by atoms with van der Waals surface area (Å²) in [6.45, 7) is 4.95. The lowest BCUT2D eigenvalue weighted by atomic mass is 10.0. The van der Waals surface area contributed by atoms with Gasteiger partial charge in [0.15, 0.2) is 12.0 Å². The van der Waals surface area contributed by atoms with Crippen molar-refractivity contribution in [1.29, 1.82) is 0 Å². The number of hydrogen-bond donors (Lipinski definition) is 2. The molecule has 0 aromatic heterocycles. The molecule has 0 radical (unpaired) electrons. The maximum Gasteiger partial charge on any atom is 0.159 e. The van der Waals surface area contributed by atoms with E-state index in [0.29, 0.717) is 47.6 Å². The minimum atomic E-state index is -0.576. The molecule has 5 rings (SSSR count). The van der Waals surface area contributed by atoms with E-state index in [1.54, 1.807) is 30.3 Å². The number of anilines is 1. The average Bonchev–Trinajstić information content (AvgIpc) is 2.97. The third-order valence-corrected chi connectivity index (χ3v) is 6.26. The summed E-state index contributed by atoms with van der Waals surface area (Å²) in [5.41, 5.74) is 2.70. The van der Waals surface area contributed by atoms with Crippen molar-refractivity contribution < 1.29 is 19.7 Å². The summed E-state index contributed by atoms with van der Waals surface area (Å²) in [6, 6.07) is 29.9. The number of phenols is 2. The smallest absolute Gasteiger partial charge is 0.159 e. The molecule has 1 atom stereocenters. The number of amidine groups is 2. The first-order chi connectivity index (χ1) is 19.1. The van der Waals surface area contributed by atoms with Crippen molar-refractivity contribution in [3.8, 4) is 23.0 Å². The van der Waals surface area contributed by atoms with Crippen LogP contribution >= 0.6 is 0 Å². The van der Waals surface area contributed by atoms with Crippen molar-refractivity contribution in [1.82, 2.24) is 0 Å². The van der Waals surface area contributed by atoms with Crippen molar-refractivity contribution in [2.45, 2.75) is 26.4 Å². The zero-order valence-corrected chi connectivity index (χ0v) is 22.0. The fraction of sp³-hybridized carbons (Fsp3) is 0.188. The molecule has 198 valence electrons. The molecule has 0 fully saturated rings. The summed E-state index contributed by atoms with van der Waals surface area (Å²) in [4.78, 5) is 11.9. The van der Waals surface area contributed by atoms with Gasteiger partial charge >= 0.3 is 0 Å². The number of aliphatic imine (C=N–C) groups is 2. The minimum absolute atomic E-state index is 0.00760. The van der Waals surface area contributed by atoms with Gasteiger partial charge in [-0.3, -0.25) is 4.90 Å². The Kier molecular flexibility index (Phi) is 7.78. The third-order valence-electron chi connectivity index (χ3n) is 6.26. The van der Waals surface area contributed by atoms with Crippen LogP contribution in [0, 0.1) is 0 Å². The van der Waals surface area contributed by atoms with Crippen molar-refractivity contribution in [3.05, 3.63) is 114 Å². The van der Waals surface area contributed by atoms with Gasteiger partial charge in [-0.25, -0.2) is 9.98 Å². The Morgan fingerprint density at radius 1 is 0.769 bits per heavy atom. The van der Waals surface area contributed by atoms with E-state index in [-0.39, 0.29) is 11.5 Å². The summed E-state index contributed by atoms with van der Waals surface area (Å²) in [5.74, 6) is 2.11. The minimum Gasteiger partial charge on any atom is -0.507 e. The Morgan fingerprint density at radius 3 is 2.10 bits per heavy atom. The zero-order valence-electron chi connectivity index (χ0n) is 22.0. The van der Waals surface area contributed by atoms with E-state index in [1.165, 1.54) is 0 Å². The van der Waals surface area contributed by atoms with Crippen LogP contribution in [0.1, 0.15) is 43.1 Å². The van der Waals surface area contributed by atoms with E-state index in [2.05, 4.69) is 0 Å². The van der Waals surface area contributed by atoms with Gasteiger partial charge in [0, 0.05) is 17.7 Å². The number of aromatic hydroxyl groups is 2. The van der Waals surface area contributed by atoms with Crippen LogP contribution in [0.3, 0.4) is 0 Å². The highest BCUT2D eigenvalue weighted by atomic mass is 16.5. The Hall–Kier alpha value is -4.78. The van der Waals surface area contributed by atoms with Crippen LogP contribution in [-0.2, 0) is 0 Å². The molecule has 4 aromatic rings. The second-order valence-electron chi connectivity index (χ2n) is 9.02. The van der Waals surface area contributed by atoms with Gasteiger partial charge in [-0.2, -0.15) is 0 Å². The van der Waals surface area contributed by atoms with E-state index in [1.807, 2.05) is 85.5 Å². The second kappa shape index (κ2) is 11.7. The van der Waals surface area contributed by atoms with E-state index in [0.717, 1.165) is 17.5 Å². The summed E-state index contributed by atoms with van der Waals surface area (Å²) >= 11 is 0. The van der Waals surface area contributed by atoms with E-state index >= 15 is 0 Å². The van der Waals surface area contributed by atoms with E-state index < -0.39 is 6.17 Å². The molecule has 1 heterocycles. The van der Waals surface area contributed by atoms with Gasteiger partial charge in [0.2, 0.25) is 0 Å². The topological polar surface area (TPSA) is 86.9 Å². The molecule has 0 aliphatic carbocycles. The number of ether oxygens (including phenoxy) is 2. The largest absolute Gasteiger partial charge is 0.507 e. The van der Waals surface area contributed by atoms with Crippen LogP contribution in [0.25, 0.3) is 0 Å². The number of hydrogen-bond acceptors (Lipinski definition) is 7. The molecule has 0 amide bonds. The fourth-order valence-electron chi connectivity index (χ4n) is 4.46. The fourth-order valence-corrected chi connectivity index (χ4v) is 4.46. The molecule has 0 saturated carbocycles. The highest BCUT2D eigenvalue weighted by Crippen LogP contribution is 2.41. The summed E-state index contributed by atoms with van der Waals surface area (Å²) in [5, 5.41) is 22.4.